The van der Waals surface area contributed by atoms with Crippen LogP contribution in [0, 0.1) is 5.82 Å². The van der Waals surface area contributed by atoms with E-state index in [1.54, 1.807) is 0 Å². The van der Waals surface area contributed by atoms with Crippen molar-refractivity contribution in [3.63, 3.8) is 0 Å². The van der Waals surface area contributed by atoms with E-state index in [2.05, 4.69) is 15.3 Å². The second-order valence-corrected chi connectivity index (χ2v) is 9.63. The highest BCUT2D eigenvalue weighted by Gasteiger charge is 2.29. The molecule has 33 heavy (non-hydrogen) atoms. The molecule has 1 saturated heterocycles. The zero-order valence-electron chi connectivity index (χ0n) is 17.9. The number of aromatic nitrogens is 2. The minimum Gasteiger partial charge on any atom is -0.495 e. The number of nitrogens with one attached hydrogen (secondary N) is 2. The van der Waals surface area contributed by atoms with Gasteiger partial charge >= 0.3 is 0 Å². The van der Waals surface area contributed by atoms with E-state index in [4.69, 9.17) is 4.74 Å². The van der Waals surface area contributed by atoms with Crippen LogP contribution >= 0.6 is 0 Å². The van der Waals surface area contributed by atoms with Gasteiger partial charge in [-0.1, -0.05) is 12.8 Å². The number of benzene rings is 2. The molecule has 174 valence electrons. The maximum atomic E-state index is 14.5. The van der Waals surface area contributed by atoms with E-state index in [9.17, 15) is 22.4 Å². The summed E-state index contributed by atoms with van der Waals surface area (Å²) in [7, 11) is -2.55. The highest BCUT2D eigenvalue weighted by molar-refractivity contribution is 7.89. The van der Waals surface area contributed by atoms with Crippen LogP contribution in [-0.4, -0.2) is 48.8 Å². The van der Waals surface area contributed by atoms with E-state index in [0.717, 1.165) is 38.1 Å². The zero-order chi connectivity index (χ0) is 23.6. The molecule has 9 nitrogen and oxygen atoms in total. The van der Waals surface area contributed by atoms with Crippen molar-refractivity contribution in [2.75, 3.05) is 25.5 Å². The maximum Gasteiger partial charge on any atom is 0.258 e. The number of aromatic amines is 1. The smallest absolute Gasteiger partial charge is 0.258 e. The van der Waals surface area contributed by atoms with Crippen LogP contribution in [0.2, 0.25) is 0 Å². The predicted molar refractivity (Wildman–Crippen MR) is 120 cm³/mol. The van der Waals surface area contributed by atoms with Crippen LogP contribution in [0.15, 0.2) is 46.3 Å². The van der Waals surface area contributed by atoms with Gasteiger partial charge in [-0.3, -0.25) is 9.59 Å². The molecule has 1 aromatic heterocycles. The number of anilines is 1. The van der Waals surface area contributed by atoms with Gasteiger partial charge in [0.25, 0.3) is 11.5 Å². The van der Waals surface area contributed by atoms with Crippen LogP contribution in [0.4, 0.5) is 10.1 Å². The number of rotatable bonds is 5. The van der Waals surface area contributed by atoms with Gasteiger partial charge in [-0.2, -0.15) is 4.31 Å². The van der Waals surface area contributed by atoms with Crippen molar-refractivity contribution in [1.29, 1.82) is 0 Å². The molecule has 0 saturated carbocycles. The number of hydrogen-bond acceptors (Lipinski definition) is 6. The summed E-state index contributed by atoms with van der Waals surface area (Å²) in [5, 5.41) is 2.51. The third kappa shape index (κ3) is 4.60. The molecular weight excluding hydrogens is 451 g/mol. The molecule has 0 spiro atoms. The molecule has 0 atom stereocenters. The van der Waals surface area contributed by atoms with Gasteiger partial charge < -0.3 is 15.0 Å². The molecular formula is C22H23FN4O5S. The largest absolute Gasteiger partial charge is 0.495 e. The van der Waals surface area contributed by atoms with Crippen molar-refractivity contribution in [3.8, 4) is 5.75 Å². The lowest BCUT2D eigenvalue weighted by Crippen LogP contribution is -2.32. The Morgan fingerprint density at radius 3 is 2.58 bits per heavy atom. The van der Waals surface area contributed by atoms with Crippen LogP contribution in [0.5, 0.6) is 5.75 Å². The van der Waals surface area contributed by atoms with Gasteiger partial charge in [-0.25, -0.2) is 17.8 Å². The van der Waals surface area contributed by atoms with E-state index >= 15 is 0 Å². The Balaban J connectivity index is 1.68. The van der Waals surface area contributed by atoms with Crippen molar-refractivity contribution in [2.24, 2.45) is 0 Å². The number of fused-ring (bicyclic) bond motifs is 1. The monoisotopic (exact) mass is 474 g/mol. The molecule has 1 fully saturated rings. The Morgan fingerprint density at radius 2 is 1.88 bits per heavy atom. The van der Waals surface area contributed by atoms with Crippen molar-refractivity contribution >= 4 is 32.5 Å². The molecule has 0 unspecified atom stereocenters. The lowest BCUT2D eigenvalue weighted by molar-refractivity contribution is 0.102. The van der Waals surface area contributed by atoms with Crippen molar-refractivity contribution in [3.05, 3.63) is 58.4 Å². The maximum absolute atomic E-state index is 14.5. The first-order valence-electron chi connectivity index (χ1n) is 10.5. The number of hydrogen-bond donors (Lipinski definition) is 2. The summed E-state index contributed by atoms with van der Waals surface area (Å²) in [5.74, 6) is -1.39. The number of carbonyl (C=O) groups is 1. The highest BCUT2D eigenvalue weighted by Crippen LogP contribution is 2.30. The topological polar surface area (TPSA) is 121 Å². The lowest BCUT2D eigenvalue weighted by atomic mass is 10.1. The summed E-state index contributed by atoms with van der Waals surface area (Å²) in [6, 6.07) is 6.24. The van der Waals surface area contributed by atoms with Gasteiger partial charge in [-0.15, -0.1) is 0 Å². The van der Waals surface area contributed by atoms with Gasteiger partial charge in [0.1, 0.15) is 16.5 Å². The number of carbonyl (C=O) groups excluding carboxylic acids is 1. The van der Waals surface area contributed by atoms with Gasteiger partial charge in [0.2, 0.25) is 10.0 Å². The number of methoxy groups -OCH3 is 1. The van der Waals surface area contributed by atoms with Crippen LogP contribution in [0.3, 0.4) is 0 Å². The summed E-state index contributed by atoms with van der Waals surface area (Å²) in [6.45, 7) is 0.791. The number of sulfonamides is 1. The molecule has 1 aliphatic heterocycles. The molecule has 2 heterocycles. The predicted octanol–water partition coefficient (Wildman–Crippen LogP) is 2.89. The SMILES string of the molecule is COc1ccc(C(=O)Nc2cc3c(=O)[nH]cnc3cc2F)cc1S(=O)(=O)N1CCCCCC1. The quantitative estimate of drug-likeness (QED) is 0.587. The third-order valence-corrected chi connectivity index (χ3v) is 7.51. The van der Waals surface area contributed by atoms with Crippen molar-refractivity contribution in [1.82, 2.24) is 14.3 Å². The second-order valence-electron chi connectivity index (χ2n) is 7.72. The van der Waals surface area contributed by atoms with Crippen molar-refractivity contribution < 1.29 is 22.3 Å². The first kappa shape index (κ1) is 22.9. The van der Waals surface area contributed by atoms with E-state index in [1.165, 1.54) is 35.7 Å². The van der Waals surface area contributed by atoms with Gasteiger partial charge in [0, 0.05) is 24.7 Å². The molecule has 0 aliphatic carbocycles. The Bertz CT molecular complexity index is 1360. The van der Waals surface area contributed by atoms with E-state index < -0.39 is 27.3 Å². The van der Waals surface area contributed by atoms with Gasteiger partial charge in [0.05, 0.1) is 30.0 Å². The summed E-state index contributed by atoms with van der Waals surface area (Å²) in [6.07, 6.45) is 4.60. The normalized spacial score (nSPS) is 15.2. The summed E-state index contributed by atoms with van der Waals surface area (Å²) >= 11 is 0. The van der Waals surface area contributed by atoms with Crippen molar-refractivity contribution in [2.45, 2.75) is 30.6 Å². The first-order chi connectivity index (χ1) is 15.8. The number of nitrogens with zero attached hydrogens (tertiary/aromatic N) is 2. The van der Waals surface area contributed by atoms with E-state index in [1.807, 2.05) is 0 Å². The number of H-pyrrole nitrogens is 1. The first-order valence-corrected chi connectivity index (χ1v) is 11.9. The third-order valence-electron chi connectivity index (χ3n) is 5.59. The number of ether oxygens (including phenoxy) is 1. The second kappa shape index (κ2) is 9.28. The Kier molecular flexibility index (Phi) is 6.43. The number of halogens is 1. The van der Waals surface area contributed by atoms with Crippen LogP contribution in [0.1, 0.15) is 36.0 Å². The molecule has 2 N–H and O–H groups in total. The molecule has 4 rings (SSSR count). The molecule has 3 aromatic rings. The van der Waals surface area contributed by atoms with Crippen LogP contribution in [-0.2, 0) is 10.0 Å². The summed E-state index contributed by atoms with van der Waals surface area (Å²) in [4.78, 5) is 31.0. The highest BCUT2D eigenvalue weighted by atomic mass is 32.2. The standard InChI is InChI=1S/C22H23FN4O5S/c1-32-19-7-6-14(10-20(19)33(30,31)27-8-4-2-3-5-9-27)21(28)26-18-11-15-17(12-16(18)23)24-13-25-22(15)29/h6-7,10-13H,2-5,8-9H2,1H3,(H,26,28)(H,24,25,29). The molecule has 2 aromatic carbocycles. The fourth-order valence-corrected chi connectivity index (χ4v) is 5.52. The van der Waals surface area contributed by atoms with Gasteiger partial charge in [-0.05, 0) is 37.1 Å². The zero-order valence-corrected chi connectivity index (χ0v) is 18.7. The summed E-state index contributed by atoms with van der Waals surface area (Å²) < 4.78 is 47.8. The Morgan fingerprint density at radius 1 is 1.15 bits per heavy atom. The summed E-state index contributed by atoms with van der Waals surface area (Å²) in [5.41, 5.74) is -0.558. The van der Waals surface area contributed by atoms with E-state index in [-0.39, 0.29) is 32.8 Å². The van der Waals surface area contributed by atoms with Gasteiger partial charge in [0.15, 0.2) is 0 Å². The molecule has 1 aliphatic rings. The van der Waals surface area contributed by atoms with Crippen LogP contribution in [0.25, 0.3) is 10.9 Å². The lowest BCUT2D eigenvalue weighted by Gasteiger charge is -2.21. The average Bonchev–Trinajstić information content (AvgIpc) is 3.10. The molecule has 11 heteroatoms. The average molecular weight is 475 g/mol. The minimum atomic E-state index is -3.90. The Labute approximate surface area is 189 Å². The molecule has 0 bridgehead atoms. The molecule has 1 amide bonds. The fourth-order valence-electron chi connectivity index (χ4n) is 3.82. The minimum absolute atomic E-state index is 0.00351. The Hall–Kier alpha value is -3.31. The molecule has 0 radical (unpaired) electrons. The number of amides is 1. The van der Waals surface area contributed by atoms with E-state index in [0.29, 0.717) is 13.1 Å². The fraction of sp³-hybridized carbons (Fsp3) is 0.318. The van der Waals surface area contributed by atoms with Crippen LogP contribution < -0.4 is 15.6 Å².